The van der Waals surface area contributed by atoms with E-state index < -0.39 is 16.0 Å². The van der Waals surface area contributed by atoms with Gasteiger partial charge in [0.25, 0.3) is 10.0 Å². The number of nitrogens with zero attached hydrogens (tertiary/aromatic N) is 2. The fraction of sp³-hybridized carbons (Fsp3) is 0.368. The number of piperazine rings is 1. The number of rotatable bonds is 7. The Morgan fingerprint density at radius 2 is 1.79 bits per heavy atom. The van der Waals surface area contributed by atoms with Gasteiger partial charge < -0.3 is 14.4 Å². The van der Waals surface area contributed by atoms with Crippen molar-refractivity contribution < 1.29 is 27.5 Å². The average Bonchev–Trinajstić information content (AvgIpc) is 3.25. The van der Waals surface area contributed by atoms with Crippen molar-refractivity contribution in [3.63, 3.8) is 0 Å². The highest BCUT2D eigenvalue weighted by Gasteiger charge is 2.31. The largest absolute Gasteiger partial charge is 0.465 e. The third-order valence-electron chi connectivity index (χ3n) is 4.52. The summed E-state index contributed by atoms with van der Waals surface area (Å²) in [6, 6.07) is 10.9. The van der Waals surface area contributed by atoms with E-state index >= 15 is 0 Å². The first-order valence-electron chi connectivity index (χ1n) is 8.98. The van der Waals surface area contributed by atoms with Crippen molar-refractivity contribution >= 4 is 33.2 Å². The fourth-order valence-electron chi connectivity index (χ4n) is 2.90. The van der Waals surface area contributed by atoms with Crippen molar-refractivity contribution in [3.8, 4) is 0 Å². The van der Waals surface area contributed by atoms with Crippen LogP contribution in [0.4, 0.5) is 0 Å². The Bertz CT molecular complexity index is 950. The minimum atomic E-state index is -3.71. The SMILES string of the molecule is COC(=O)c1csc(S(=O)(=O)N2CCN(C(=O)COCc3ccccc3)CC2)c1. The standard InChI is InChI=1S/C19H22N2O6S2/c1-26-19(23)16-11-18(28-14-16)29(24,25)21-9-7-20(8-10-21)17(22)13-27-12-15-5-3-2-4-6-15/h2-6,11,14H,7-10,12-13H2,1H3. The Morgan fingerprint density at radius 1 is 1.10 bits per heavy atom. The third kappa shape index (κ3) is 5.21. The molecule has 0 bridgehead atoms. The molecule has 3 rings (SSSR count). The number of sulfonamides is 1. The van der Waals surface area contributed by atoms with Crippen LogP contribution in [0.2, 0.25) is 0 Å². The van der Waals surface area contributed by atoms with E-state index in [1.807, 2.05) is 30.3 Å². The molecule has 10 heteroatoms. The van der Waals surface area contributed by atoms with Gasteiger partial charge in [-0.05, 0) is 11.6 Å². The molecule has 2 heterocycles. The summed E-state index contributed by atoms with van der Waals surface area (Å²) in [5.74, 6) is -0.740. The van der Waals surface area contributed by atoms with Gasteiger partial charge in [-0.25, -0.2) is 13.2 Å². The van der Waals surface area contributed by atoms with Crippen LogP contribution in [0.25, 0.3) is 0 Å². The van der Waals surface area contributed by atoms with Crippen molar-refractivity contribution in [2.24, 2.45) is 0 Å². The zero-order valence-electron chi connectivity index (χ0n) is 15.9. The van der Waals surface area contributed by atoms with Gasteiger partial charge in [-0.15, -0.1) is 11.3 Å². The first-order chi connectivity index (χ1) is 13.9. The second-order valence-corrected chi connectivity index (χ2v) is 9.49. The normalized spacial score (nSPS) is 15.3. The number of amides is 1. The van der Waals surface area contributed by atoms with Crippen LogP contribution in [0.15, 0.2) is 46.0 Å². The Balaban J connectivity index is 1.50. The summed E-state index contributed by atoms with van der Waals surface area (Å²) < 4.78 is 37.0. The van der Waals surface area contributed by atoms with Gasteiger partial charge in [0, 0.05) is 31.6 Å². The summed E-state index contributed by atoms with van der Waals surface area (Å²) in [5.41, 5.74) is 1.19. The van der Waals surface area contributed by atoms with Gasteiger partial charge in [0.15, 0.2) is 0 Å². The first-order valence-corrected chi connectivity index (χ1v) is 11.3. The van der Waals surface area contributed by atoms with Crippen LogP contribution in [0.1, 0.15) is 15.9 Å². The molecule has 0 saturated carbocycles. The smallest absolute Gasteiger partial charge is 0.338 e. The number of methoxy groups -OCH3 is 1. The molecular weight excluding hydrogens is 416 g/mol. The van der Waals surface area contributed by atoms with Gasteiger partial charge in [-0.1, -0.05) is 30.3 Å². The zero-order chi connectivity index (χ0) is 20.9. The van der Waals surface area contributed by atoms with Gasteiger partial charge in [-0.3, -0.25) is 4.79 Å². The summed E-state index contributed by atoms with van der Waals surface area (Å²) in [5, 5.41) is 1.46. The van der Waals surface area contributed by atoms with E-state index in [4.69, 9.17) is 4.74 Å². The molecule has 2 aromatic rings. The molecule has 0 N–H and O–H groups in total. The number of hydrogen-bond donors (Lipinski definition) is 0. The lowest BCUT2D eigenvalue weighted by Gasteiger charge is -2.33. The lowest BCUT2D eigenvalue weighted by molar-refractivity contribution is -0.137. The Hall–Kier alpha value is -2.27. The lowest BCUT2D eigenvalue weighted by atomic mass is 10.2. The number of esters is 1. The number of ether oxygens (including phenoxy) is 2. The van der Waals surface area contributed by atoms with Crippen LogP contribution in [-0.2, 0) is 30.9 Å². The van der Waals surface area contributed by atoms with Crippen LogP contribution >= 0.6 is 11.3 Å². The van der Waals surface area contributed by atoms with Crippen LogP contribution in [0.5, 0.6) is 0 Å². The fourth-order valence-corrected chi connectivity index (χ4v) is 5.63. The molecule has 1 amide bonds. The Kier molecular flexibility index (Phi) is 7.01. The highest BCUT2D eigenvalue weighted by Crippen LogP contribution is 2.25. The molecule has 156 valence electrons. The predicted molar refractivity (Wildman–Crippen MR) is 107 cm³/mol. The molecule has 0 unspecified atom stereocenters. The molecule has 1 saturated heterocycles. The monoisotopic (exact) mass is 438 g/mol. The zero-order valence-corrected chi connectivity index (χ0v) is 17.6. The summed E-state index contributed by atoms with van der Waals surface area (Å²) in [4.78, 5) is 25.5. The maximum absolute atomic E-state index is 12.8. The van der Waals surface area contributed by atoms with Gasteiger partial charge in [0.05, 0.1) is 19.3 Å². The van der Waals surface area contributed by atoms with Gasteiger partial charge >= 0.3 is 5.97 Å². The minimum Gasteiger partial charge on any atom is -0.465 e. The number of carbonyl (C=O) groups excluding carboxylic acids is 2. The van der Waals surface area contributed by atoms with Gasteiger partial charge in [-0.2, -0.15) is 4.31 Å². The molecule has 8 nitrogen and oxygen atoms in total. The highest BCUT2D eigenvalue weighted by atomic mass is 32.2. The molecule has 1 aliphatic rings. The average molecular weight is 439 g/mol. The summed E-state index contributed by atoms with van der Waals surface area (Å²) in [6.45, 7) is 1.28. The van der Waals surface area contributed by atoms with Crippen molar-refractivity contribution in [3.05, 3.63) is 52.9 Å². The third-order valence-corrected chi connectivity index (χ3v) is 7.83. The van der Waals surface area contributed by atoms with Gasteiger partial charge in [0.1, 0.15) is 10.8 Å². The van der Waals surface area contributed by atoms with Crippen molar-refractivity contribution in [1.82, 2.24) is 9.21 Å². The number of hydrogen-bond acceptors (Lipinski definition) is 7. The summed E-state index contributed by atoms with van der Waals surface area (Å²) in [6.07, 6.45) is 0. The number of benzene rings is 1. The van der Waals surface area contributed by atoms with E-state index in [0.29, 0.717) is 19.7 Å². The van der Waals surface area contributed by atoms with Crippen LogP contribution < -0.4 is 0 Å². The molecule has 1 aliphatic heterocycles. The van der Waals surface area contributed by atoms with Crippen molar-refractivity contribution in [2.45, 2.75) is 10.8 Å². The lowest BCUT2D eigenvalue weighted by Crippen LogP contribution is -2.51. The molecule has 1 aromatic carbocycles. The van der Waals surface area contributed by atoms with E-state index in [0.717, 1.165) is 16.9 Å². The predicted octanol–water partition coefficient (Wildman–Crippen LogP) is 1.58. The molecular formula is C19H22N2O6S2. The minimum absolute atomic E-state index is 0.0466. The van der Waals surface area contributed by atoms with E-state index in [2.05, 4.69) is 4.74 Å². The second kappa shape index (κ2) is 9.49. The molecule has 1 fully saturated rings. The van der Waals surface area contributed by atoms with E-state index in [1.165, 1.54) is 22.9 Å². The van der Waals surface area contributed by atoms with Crippen molar-refractivity contribution in [2.75, 3.05) is 39.9 Å². The topological polar surface area (TPSA) is 93.2 Å². The molecule has 0 aliphatic carbocycles. The number of thiophene rings is 1. The Morgan fingerprint density at radius 3 is 2.45 bits per heavy atom. The van der Waals surface area contributed by atoms with E-state index in [1.54, 1.807) is 4.90 Å². The van der Waals surface area contributed by atoms with Crippen LogP contribution in [-0.4, -0.2) is 69.4 Å². The van der Waals surface area contributed by atoms with Gasteiger partial charge in [0.2, 0.25) is 5.91 Å². The molecule has 0 atom stereocenters. The molecule has 29 heavy (non-hydrogen) atoms. The van der Waals surface area contributed by atoms with Crippen molar-refractivity contribution in [1.29, 1.82) is 0 Å². The van der Waals surface area contributed by atoms with E-state index in [-0.39, 0.29) is 35.4 Å². The second-order valence-electron chi connectivity index (χ2n) is 6.41. The molecule has 0 spiro atoms. The Labute approximate surface area is 173 Å². The maximum Gasteiger partial charge on any atom is 0.338 e. The van der Waals surface area contributed by atoms with E-state index in [9.17, 15) is 18.0 Å². The summed E-state index contributed by atoms with van der Waals surface area (Å²) in [7, 11) is -2.47. The highest BCUT2D eigenvalue weighted by molar-refractivity contribution is 7.91. The maximum atomic E-state index is 12.8. The first kappa shape index (κ1) is 21.4. The quantitative estimate of drug-likeness (QED) is 0.610. The van der Waals surface area contributed by atoms with Crippen LogP contribution in [0, 0.1) is 0 Å². The molecule has 0 radical (unpaired) electrons. The van der Waals surface area contributed by atoms with Crippen LogP contribution in [0.3, 0.4) is 0 Å². The summed E-state index contributed by atoms with van der Waals surface area (Å²) >= 11 is 0.979. The number of carbonyl (C=O) groups is 2. The molecule has 1 aromatic heterocycles.